The summed E-state index contributed by atoms with van der Waals surface area (Å²) in [5, 5.41) is 5.73. The normalized spacial score (nSPS) is 29.6. The van der Waals surface area contributed by atoms with Crippen molar-refractivity contribution in [2.45, 2.75) is 38.3 Å². The molecule has 1 unspecified atom stereocenters. The number of carbonyl (C=O) groups is 4. The lowest BCUT2D eigenvalue weighted by Gasteiger charge is -2.28. The molecule has 30 heavy (non-hydrogen) atoms. The molecule has 0 aliphatic carbocycles. The van der Waals surface area contributed by atoms with Crippen molar-refractivity contribution >= 4 is 23.6 Å². The van der Waals surface area contributed by atoms with Crippen molar-refractivity contribution in [2.24, 2.45) is 11.8 Å². The number of likely N-dealkylation sites (tertiary alicyclic amines) is 1. The highest BCUT2D eigenvalue weighted by Gasteiger charge is 2.45. The Balaban J connectivity index is 1.37. The van der Waals surface area contributed by atoms with Gasteiger partial charge in [0, 0.05) is 13.0 Å². The fourth-order valence-electron chi connectivity index (χ4n) is 5.39. The second-order valence-electron chi connectivity index (χ2n) is 8.82. The quantitative estimate of drug-likeness (QED) is 0.705. The molecule has 0 aromatic heterocycles. The average molecular weight is 410 g/mol. The molecule has 8 heteroatoms. The third kappa shape index (κ3) is 3.24. The van der Waals surface area contributed by atoms with Crippen molar-refractivity contribution < 1.29 is 19.2 Å². The molecule has 0 spiro atoms. The van der Waals surface area contributed by atoms with E-state index in [0.29, 0.717) is 17.7 Å². The van der Waals surface area contributed by atoms with Gasteiger partial charge in [0.25, 0.3) is 11.8 Å². The van der Waals surface area contributed by atoms with Crippen molar-refractivity contribution in [2.75, 3.05) is 26.2 Å². The molecule has 4 aliphatic heterocycles. The SMILES string of the molecule is O=C1CCC(N2C(=O)c3cccc(CN4CC[C@@H]5CNC[C@@H]5CC4)c3C2=O)C(=O)N1. The van der Waals surface area contributed by atoms with Crippen molar-refractivity contribution in [3.63, 3.8) is 0 Å². The van der Waals surface area contributed by atoms with Crippen molar-refractivity contribution in [1.29, 1.82) is 0 Å². The smallest absolute Gasteiger partial charge is 0.262 e. The van der Waals surface area contributed by atoms with E-state index in [4.69, 9.17) is 0 Å². The largest absolute Gasteiger partial charge is 0.316 e. The number of imide groups is 2. The lowest BCUT2D eigenvalue weighted by Crippen LogP contribution is -2.54. The van der Waals surface area contributed by atoms with E-state index in [1.165, 1.54) is 0 Å². The molecule has 5 rings (SSSR count). The summed E-state index contributed by atoms with van der Waals surface area (Å²) in [7, 11) is 0. The highest BCUT2D eigenvalue weighted by atomic mass is 16.2. The monoisotopic (exact) mass is 410 g/mol. The van der Waals surface area contributed by atoms with Crippen LogP contribution in [0.2, 0.25) is 0 Å². The Hall–Kier alpha value is -2.58. The van der Waals surface area contributed by atoms with Gasteiger partial charge in [-0.25, -0.2) is 0 Å². The summed E-state index contributed by atoms with van der Waals surface area (Å²) in [5.74, 6) is -0.353. The molecule has 8 nitrogen and oxygen atoms in total. The lowest BCUT2D eigenvalue weighted by molar-refractivity contribution is -0.136. The van der Waals surface area contributed by atoms with E-state index >= 15 is 0 Å². The summed E-state index contributed by atoms with van der Waals surface area (Å²) in [6.45, 7) is 4.76. The van der Waals surface area contributed by atoms with Gasteiger partial charge in [0.1, 0.15) is 6.04 Å². The first-order valence-corrected chi connectivity index (χ1v) is 10.8. The Bertz CT molecular complexity index is 916. The molecule has 0 saturated carbocycles. The number of hydrogen-bond donors (Lipinski definition) is 2. The van der Waals surface area contributed by atoms with Crippen LogP contribution in [0.5, 0.6) is 0 Å². The van der Waals surface area contributed by atoms with Crippen LogP contribution < -0.4 is 10.6 Å². The molecule has 0 radical (unpaired) electrons. The van der Waals surface area contributed by atoms with E-state index in [9.17, 15) is 19.2 Å². The van der Waals surface area contributed by atoms with E-state index in [2.05, 4.69) is 15.5 Å². The molecule has 3 saturated heterocycles. The minimum Gasteiger partial charge on any atom is -0.316 e. The number of benzene rings is 1. The van der Waals surface area contributed by atoms with Crippen LogP contribution in [0.1, 0.15) is 52.0 Å². The van der Waals surface area contributed by atoms with Crippen LogP contribution in [0.15, 0.2) is 18.2 Å². The van der Waals surface area contributed by atoms with Crippen LogP contribution in [-0.4, -0.2) is 65.6 Å². The first-order chi connectivity index (χ1) is 14.5. The topological polar surface area (TPSA) is 98.8 Å². The van der Waals surface area contributed by atoms with Crippen molar-refractivity contribution in [3.8, 4) is 0 Å². The predicted octanol–water partition coefficient (Wildman–Crippen LogP) is 0.519. The number of fused-ring (bicyclic) bond motifs is 2. The van der Waals surface area contributed by atoms with Crippen LogP contribution in [-0.2, 0) is 16.1 Å². The molecule has 4 amide bonds. The lowest BCUT2D eigenvalue weighted by atomic mass is 9.92. The highest BCUT2D eigenvalue weighted by molar-refractivity contribution is 6.24. The Kier molecular flexibility index (Phi) is 4.91. The standard InChI is InChI=1S/C22H26N4O4/c27-18-5-4-17(20(28)24-18)26-21(29)16-3-1-2-15(19(16)22(26)30)12-25-8-6-13-10-23-11-14(13)7-9-25/h1-3,13-14,17,23H,4-12H2,(H,24,27,28)/t13-,14+,17?. The van der Waals surface area contributed by atoms with Crippen LogP contribution in [0.4, 0.5) is 0 Å². The molecule has 4 aliphatic rings. The van der Waals surface area contributed by atoms with Gasteiger partial charge < -0.3 is 5.32 Å². The number of piperidine rings is 1. The van der Waals surface area contributed by atoms with Crippen molar-refractivity contribution in [3.05, 3.63) is 34.9 Å². The molecule has 4 heterocycles. The van der Waals surface area contributed by atoms with Gasteiger partial charge >= 0.3 is 0 Å². The minimum absolute atomic E-state index is 0.127. The fraction of sp³-hybridized carbons (Fsp3) is 0.545. The molecule has 1 aromatic rings. The molecule has 3 atom stereocenters. The Morgan fingerprint density at radius 1 is 0.933 bits per heavy atom. The molecular formula is C22H26N4O4. The van der Waals surface area contributed by atoms with Gasteiger partial charge in [-0.3, -0.25) is 34.3 Å². The maximum atomic E-state index is 13.2. The summed E-state index contributed by atoms with van der Waals surface area (Å²) < 4.78 is 0. The number of nitrogens with zero attached hydrogens (tertiary/aromatic N) is 2. The van der Waals surface area contributed by atoms with Crippen molar-refractivity contribution in [1.82, 2.24) is 20.4 Å². The first-order valence-electron chi connectivity index (χ1n) is 10.8. The predicted molar refractivity (Wildman–Crippen MR) is 107 cm³/mol. The van der Waals surface area contributed by atoms with E-state index in [1.807, 2.05) is 12.1 Å². The third-order valence-electron chi connectivity index (χ3n) is 7.06. The number of amides is 4. The number of rotatable bonds is 3. The zero-order valence-electron chi connectivity index (χ0n) is 16.9. The van der Waals surface area contributed by atoms with E-state index in [-0.39, 0.29) is 18.7 Å². The summed E-state index contributed by atoms with van der Waals surface area (Å²) >= 11 is 0. The maximum Gasteiger partial charge on any atom is 0.262 e. The molecule has 2 N–H and O–H groups in total. The molecular weight excluding hydrogens is 384 g/mol. The molecule has 3 fully saturated rings. The molecule has 1 aromatic carbocycles. The zero-order chi connectivity index (χ0) is 20.8. The highest BCUT2D eigenvalue weighted by Crippen LogP contribution is 2.32. The summed E-state index contributed by atoms with van der Waals surface area (Å²) in [6.07, 6.45) is 2.58. The average Bonchev–Trinajstić information content (AvgIpc) is 3.21. The second-order valence-corrected chi connectivity index (χ2v) is 8.82. The van der Waals surface area contributed by atoms with Crippen LogP contribution in [0.3, 0.4) is 0 Å². The number of carbonyl (C=O) groups excluding carboxylic acids is 4. The van der Waals surface area contributed by atoms with E-state index < -0.39 is 23.8 Å². The van der Waals surface area contributed by atoms with Gasteiger partial charge in [0.15, 0.2) is 0 Å². The van der Waals surface area contributed by atoms with Crippen LogP contribution in [0, 0.1) is 11.8 Å². The minimum atomic E-state index is -0.923. The number of nitrogens with one attached hydrogen (secondary N) is 2. The maximum absolute atomic E-state index is 13.2. The Morgan fingerprint density at radius 3 is 2.37 bits per heavy atom. The summed E-state index contributed by atoms with van der Waals surface area (Å²) in [4.78, 5) is 53.4. The van der Waals surface area contributed by atoms with E-state index in [1.54, 1.807) is 6.07 Å². The third-order valence-corrected chi connectivity index (χ3v) is 7.06. The van der Waals surface area contributed by atoms with Crippen LogP contribution >= 0.6 is 0 Å². The van der Waals surface area contributed by atoms with Crippen LogP contribution in [0.25, 0.3) is 0 Å². The zero-order valence-corrected chi connectivity index (χ0v) is 16.9. The van der Waals surface area contributed by atoms with Gasteiger partial charge in [-0.1, -0.05) is 12.1 Å². The van der Waals surface area contributed by atoms with Gasteiger partial charge in [0.05, 0.1) is 11.1 Å². The summed E-state index contributed by atoms with van der Waals surface area (Å²) in [5.41, 5.74) is 1.61. The summed E-state index contributed by atoms with van der Waals surface area (Å²) in [6, 6.07) is 4.45. The Morgan fingerprint density at radius 2 is 1.67 bits per heavy atom. The van der Waals surface area contributed by atoms with Gasteiger partial charge in [-0.15, -0.1) is 0 Å². The second kappa shape index (κ2) is 7.59. The van der Waals surface area contributed by atoms with Gasteiger partial charge in [-0.05, 0) is 68.9 Å². The van der Waals surface area contributed by atoms with Gasteiger partial charge in [-0.2, -0.15) is 0 Å². The molecule has 158 valence electrons. The van der Waals surface area contributed by atoms with E-state index in [0.717, 1.165) is 61.3 Å². The Labute approximate surface area is 175 Å². The molecule has 0 bridgehead atoms. The van der Waals surface area contributed by atoms with Gasteiger partial charge in [0.2, 0.25) is 11.8 Å². The fourth-order valence-corrected chi connectivity index (χ4v) is 5.39. The number of hydrogen-bond acceptors (Lipinski definition) is 6. The first kappa shape index (κ1) is 19.4.